The molecule has 5 rings (SSSR count). The normalized spacial score (nSPS) is 31.0. The molecule has 0 amide bonds. The van der Waals surface area contributed by atoms with Crippen molar-refractivity contribution in [1.29, 1.82) is 0 Å². The maximum atomic E-state index is 12.4. The number of aliphatic carboxylic acids is 1. The number of carboxylic acid groups (broad SMARTS) is 1. The minimum atomic E-state index is -2.09. The van der Waals surface area contributed by atoms with Crippen LogP contribution >= 0.6 is 0 Å². The van der Waals surface area contributed by atoms with E-state index in [0.29, 0.717) is 0 Å². The predicted molar refractivity (Wildman–Crippen MR) is 88.8 cm³/mol. The average Bonchev–Trinajstić information content (AvgIpc) is 2.61. The summed E-state index contributed by atoms with van der Waals surface area (Å²) < 4.78 is 0. The monoisotopic (exact) mass is 354 g/mol. The molecule has 0 saturated carbocycles. The molecule has 1 unspecified atom stereocenters. The van der Waals surface area contributed by atoms with Gasteiger partial charge in [-0.15, -0.1) is 0 Å². The molecule has 26 heavy (non-hydrogen) atoms. The second kappa shape index (κ2) is 4.66. The van der Waals surface area contributed by atoms with Crippen molar-refractivity contribution in [3.8, 4) is 0 Å². The lowest BCUT2D eigenvalue weighted by molar-refractivity contribution is -0.618. The van der Waals surface area contributed by atoms with Gasteiger partial charge < -0.3 is 5.11 Å². The van der Waals surface area contributed by atoms with Crippen LogP contribution in [0.25, 0.3) is 0 Å². The third-order valence-corrected chi connectivity index (χ3v) is 5.99. The van der Waals surface area contributed by atoms with Crippen molar-refractivity contribution in [2.75, 3.05) is 0 Å². The van der Waals surface area contributed by atoms with E-state index in [9.17, 15) is 30.1 Å². The van der Waals surface area contributed by atoms with Crippen LogP contribution in [0.15, 0.2) is 48.5 Å². The van der Waals surface area contributed by atoms with Gasteiger partial charge in [0.05, 0.1) is 6.42 Å². The minimum Gasteiger partial charge on any atom is -0.481 e. The highest BCUT2D eigenvalue weighted by molar-refractivity contribution is 5.81. The molecule has 2 aromatic rings. The van der Waals surface area contributed by atoms with Gasteiger partial charge in [0, 0.05) is 32.1 Å². The zero-order valence-electron chi connectivity index (χ0n) is 13.7. The molecule has 0 aromatic heterocycles. The van der Waals surface area contributed by atoms with E-state index in [1.54, 1.807) is 24.3 Å². The van der Waals surface area contributed by atoms with Crippen molar-refractivity contribution >= 4 is 5.97 Å². The first-order valence-corrected chi connectivity index (χ1v) is 7.97. The molecule has 0 saturated heterocycles. The SMILES string of the molecule is CC1(C(=O)O)CC2([N+](=O)[O-])c3ccccc3C1([N+](=O)[O-])c1ccccc12. The fourth-order valence-electron chi connectivity index (χ4n) is 4.92. The van der Waals surface area contributed by atoms with Gasteiger partial charge in [-0.2, -0.15) is 0 Å². The molecule has 0 spiro atoms. The summed E-state index contributed by atoms with van der Waals surface area (Å²) in [5, 5.41) is 34.7. The number of benzene rings is 2. The quantitative estimate of drug-likeness (QED) is 0.667. The van der Waals surface area contributed by atoms with Crippen molar-refractivity contribution in [1.82, 2.24) is 0 Å². The van der Waals surface area contributed by atoms with Crippen molar-refractivity contribution in [3.63, 3.8) is 0 Å². The first-order chi connectivity index (χ1) is 12.2. The van der Waals surface area contributed by atoms with Crippen LogP contribution in [-0.4, -0.2) is 20.9 Å². The summed E-state index contributed by atoms with van der Waals surface area (Å²) in [5.74, 6) is -1.43. The van der Waals surface area contributed by atoms with E-state index in [1.807, 2.05) is 0 Å². The van der Waals surface area contributed by atoms with E-state index in [4.69, 9.17) is 0 Å². The van der Waals surface area contributed by atoms with Gasteiger partial charge in [-0.3, -0.25) is 25.0 Å². The molecular weight excluding hydrogens is 340 g/mol. The van der Waals surface area contributed by atoms with E-state index < -0.39 is 38.7 Å². The summed E-state index contributed by atoms with van der Waals surface area (Å²) in [6, 6.07) is 12.1. The van der Waals surface area contributed by atoms with Gasteiger partial charge in [-0.1, -0.05) is 48.5 Å². The average molecular weight is 354 g/mol. The molecule has 0 aliphatic heterocycles. The molecule has 1 N–H and O–H groups in total. The van der Waals surface area contributed by atoms with Crippen molar-refractivity contribution < 1.29 is 19.7 Å². The van der Waals surface area contributed by atoms with Gasteiger partial charge in [-0.05, 0) is 6.92 Å². The first-order valence-electron chi connectivity index (χ1n) is 7.97. The zero-order valence-corrected chi connectivity index (χ0v) is 13.7. The lowest BCUT2D eigenvalue weighted by Crippen LogP contribution is -2.67. The standard InChI is InChI=1S/C18H14N2O6/c1-16(15(21)22)10-17(19(23)24)11-6-2-4-8-13(11)18(16,20(25)26)14-9-5-3-7-12(14)17/h2-9H,10H2,1H3,(H,21,22). The highest BCUT2D eigenvalue weighted by atomic mass is 16.6. The van der Waals surface area contributed by atoms with E-state index in [-0.39, 0.29) is 22.3 Å². The fraction of sp³-hybridized carbons (Fsp3) is 0.278. The van der Waals surface area contributed by atoms with Crippen LogP contribution in [0.3, 0.4) is 0 Å². The maximum Gasteiger partial charge on any atom is 0.317 e. The molecule has 3 aliphatic carbocycles. The van der Waals surface area contributed by atoms with Gasteiger partial charge in [0.2, 0.25) is 0 Å². The van der Waals surface area contributed by atoms with E-state index in [2.05, 4.69) is 0 Å². The number of nitrogens with zero attached hydrogens (tertiary/aromatic N) is 2. The van der Waals surface area contributed by atoms with Crippen LogP contribution in [0.1, 0.15) is 35.6 Å². The Morgan fingerprint density at radius 1 is 0.923 bits per heavy atom. The Balaban J connectivity index is 2.31. The fourth-order valence-corrected chi connectivity index (χ4v) is 4.92. The molecule has 3 aliphatic rings. The van der Waals surface area contributed by atoms with Gasteiger partial charge >= 0.3 is 5.97 Å². The molecule has 0 radical (unpaired) electrons. The van der Waals surface area contributed by atoms with Crippen LogP contribution in [0.5, 0.6) is 0 Å². The van der Waals surface area contributed by atoms with Crippen LogP contribution in [0.4, 0.5) is 0 Å². The number of fused-ring (bicyclic) bond motifs is 1. The summed E-state index contributed by atoms with van der Waals surface area (Å²) in [6.07, 6.45) is -0.489. The summed E-state index contributed by atoms with van der Waals surface area (Å²) in [5.41, 5.74) is -5.36. The molecule has 2 aromatic carbocycles. The number of nitro groups is 2. The largest absolute Gasteiger partial charge is 0.481 e. The number of carboxylic acids is 1. The second-order valence-electron chi connectivity index (χ2n) is 6.99. The zero-order chi connectivity index (χ0) is 18.9. The molecule has 8 heteroatoms. The summed E-state index contributed by atoms with van der Waals surface area (Å²) >= 11 is 0. The first kappa shape index (κ1) is 16.2. The highest BCUT2D eigenvalue weighted by Crippen LogP contribution is 2.66. The maximum absolute atomic E-state index is 12.4. The molecule has 1 atom stereocenters. The Kier molecular flexibility index (Phi) is 2.90. The van der Waals surface area contributed by atoms with Crippen molar-refractivity contribution in [3.05, 3.63) is 91.0 Å². The minimum absolute atomic E-state index is 0.0801. The third kappa shape index (κ3) is 1.40. The van der Waals surface area contributed by atoms with Gasteiger partial charge in [0.15, 0.2) is 5.41 Å². The van der Waals surface area contributed by atoms with Crippen molar-refractivity contribution in [2.45, 2.75) is 24.4 Å². The van der Waals surface area contributed by atoms with Crippen LogP contribution in [0.2, 0.25) is 0 Å². The Morgan fingerprint density at radius 3 is 1.69 bits per heavy atom. The summed E-state index contributed by atoms with van der Waals surface area (Å²) in [7, 11) is 0. The molecule has 8 nitrogen and oxygen atoms in total. The number of carbonyl (C=O) groups is 1. The molecule has 0 heterocycles. The number of hydrogen-bond acceptors (Lipinski definition) is 5. The molecule has 2 bridgehead atoms. The summed E-state index contributed by atoms with van der Waals surface area (Å²) in [4.78, 5) is 35.8. The Bertz CT molecular complexity index is 953. The Hall–Kier alpha value is -3.29. The van der Waals surface area contributed by atoms with Gasteiger partial charge in [-0.25, -0.2) is 0 Å². The summed E-state index contributed by atoms with van der Waals surface area (Å²) in [6.45, 7) is 1.24. The molecule has 0 fully saturated rings. The molecular formula is C18H14N2O6. The van der Waals surface area contributed by atoms with Gasteiger partial charge in [0.1, 0.15) is 0 Å². The van der Waals surface area contributed by atoms with Crippen LogP contribution in [-0.2, 0) is 15.9 Å². The van der Waals surface area contributed by atoms with E-state index in [1.165, 1.54) is 31.2 Å². The number of hydrogen-bond donors (Lipinski definition) is 1. The van der Waals surface area contributed by atoms with Gasteiger partial charge in [0.25, 0.3) is 11.1 Å². The molecule has 132 valence electrons. The lowest BCUT2D eigenvalue weighted by atomic mass is 9.46. The van der Waals surface area contributed by atoms with Crippen LogP contribution in [0, 0.1) is 25.6 Å². The van der Waals surface area contributed by atoms with Crippen LogP contribution < -0.4 is 0 Å². The topological polar surface area (TPSA) is 124 Å². The number of rotatable bonds is 3. The lowest BCUT2D eigenvalue weighted by Gasteiger charge is -2.52. The van der Waals surface area contributed by atoms with E-state index in [0.717, 1.165) is 0 Å². The van der Waals surface area contributed by atoms with E-state index >= 15 is 0 Å². The Labute approximate surface area is 147 Å². The third-order valence-electron chi connectivity index (χ3n) is 5.99. The second-order valence-corrected chi connectivity index (χ2v) is 6.99. The smallest absolute Gasteiger partial charge is 0.317 e. The highest BCUT2D eigenvalue weighted by Gasteiger charge is 2.80. The predicted octanol–water partition coefficient (Wildman–Crippen LogP) is 2.54. The van der Waals surface area contributed by atoms with Crippen molar-refractivity contribution in [2.24, 2.45) is 5.41 Å². The Morgan fingerprint density at radius 2 is 1.35 bits per heavy atom.